The highest BCUT2D eigenvalue weighted by Crippen LogP contribution is 2.34. The Morgan fingerprint density at radius 1 is 1.30 bits per heavy atom. The Kier molecular flexibility index (Phi) is 3.81. The number of methoxy groups -OCH3 is 1. The predicted molar refractivity (Wildman–Crippen MR) is 77.5 cm³/mol. The van der Waals surface area contributed by atoms with Crippen molar-refractivity contribution in [2.24, 2.45) is 0 Å². The minimum absolute atomic E-state index is 0. The number of H-pyrrole nitrogens is 1. The van der Waals surface area contributed by atoms with Crippen molar-refractivity contribution < 1.29 is 13.9 Å². The van der Waals surface area contributed by atoms with E-state index in [9.17, 15) is 9.18 Å². The van der Waals surface area contributed by atoms with Gasteiger partial charge in [-0.3, -0.25) is 4.79 Å². The summed E-state index contributed by atoms with van der Waals surface area (Å²) in [6.07, 6.45) is 3.37. The van der Waals surface area contributed by atoms with Gasteiger partial charge in [0.25, 0.3) is 5.91 Å². The SMILES string of the molecule is COc1cc[nH]c1C=C1C(=O)Nc2ccc(F)cc21.Cl. The number of benzene rings is 1. The number of hydrogen-bond donors (Lipinski definition) is 2. The summed E-state index contributed by atoms with van der Waals surface area (Å²) in [4.78, 5) is 14.9. The van der Waals surface area contributed by atoms with Crippen LogP contribution in [0.25, 0.3) is 11.6 Å². The largest absolute Gasteiger partial charge is 0.495 e. The van der Waals surface area contributed by atoms with Crippen LogP contribution in [0.3, 0.4) is 0 Å². The van der Waals surface area contributed by atoms with Gasteiger partial charge in [0.15, 0.2) is 0 Å². The molecule has 0 unspecified atom stereocenters. The maximum Gasteiger partial charge on any atom is 0.256 e. The Balaban J connectivity index is 0.00000147. The quantitative estimate of drug-likeness (QED) is 0.836. The molecule has 0 saturated carbocycles. The lowest BCUT2D eigenvalue weighted by molar-refractivity contribution is -0.110. The molecular weight excluding hydrogens is 283 g/mol. The monoisotopic (exact) mass is 294 g/mol. The summed E-state index contributed by atoms with van der Waals surface area (Å²) in [5, 5.41) is 2.70. The zero-order valence-corrected chi connectivity index (χ0v) is 11.4. The van der Waals surface area contributed by atoms with Gasteiger partial charge in [-0.15, -0.1) is 12.4 Å². The highest BCUT2D eigenvalue weighted by molar-refractivity contribution is 6.34. The number of fused-ring (bicyclic) bond motifs is 1. The molecule has 0 spiro atoms. The first-order chi connectivity index (χ1) is 9.19. The predicted octanol–water partition coefficient (Wildman–Crippen LogP) is 3.08. The van der Waals surface area contributed by atoms with Gasteiger partial charge in [-0.05, 0) is 30.3 Å². The van der Waals surface area contributed by atoms with E-state index >= 15 is 0 Å². The third-order valence-electron chi connectivity index (χ3n) is 3.01. The van der Waals surface area contributed by atoms with Crippen LogP contribution in [0.15, 0.2) is 30.5 Å². The summed E-state index contributed by atoms with van der Waals surface area (Å²) in [6, 6.07) is 5.97. The van der Waals surface area contributed by atoms with Gasteiger partial charge < -0.3 is 15.0 Å². The first-order valence-corrected chi connectivity index (χ1v) is 5.73. The van der Waals surface area contributed by atoms with Crippen LogP contribution in [0.4, 0.5) is 10.1 Å². The van der Waals surface area contributed by atoms with E-state index in [0.717, 1.165) is 0 Å². The van der Waals surface area contributed by atoms with Crippen molar-refractivity contribution in [2.45, 2.75) is 0 Å². The van der Waals surface area contributed by atoms with Gasteiger partial charge in [-0.25, -0.2) is 4.39 Å². The molecule has 4 nitrogen and oxygen atoms in total. The summed E-state index contributed by atoms with van der Waals surface area (Å²) in [7, 11) is 1.55. The molecule has 20 heavy (non-hydrogen) atoms. The van der Waals surface area contributed by atoms with Crippen molar-refractivity contribution in [3.63, 3.8) is 0 Å². The summed E-state index contributed by atoms with van der Waals surface area (Å²) in [5.41, 5.74) is 2.25. The molecule has 0 radical (unpaired) electrons. The van der Waals surface area contributed by atoms with E-state index in [-0.39, 0.29) is 24.1 Å². The van der Waals surface area contributed by atoms with Gasteiger partial charge in [0.1, 0.15) is 11.6 Å². The Morgan fingerprint density at radius 2 is 2.10 bits per heavy atom. The number of hydrogen-bond acceptors (Lipinski definition) is 2. The molecule has 6 heteroatoms. The van der Waals surface area contributed by atoms with Gasteiger partial charge in [-0.1, -0.05) is 0 Å². The molecule has 0 atom stereocenters. The number of nitrogens with one attached hydrogen (secondary N) is 2. The van der Waals surface area contributed by atoms with Gasteiger partial charge in [-0.2, -0.15) is 0 Å². The fourth-order valence-corrected chi connectivity index (χ4v) is 2.11. The first kappa shape index (κ1) is 14.1. The van der Waals surface area contributed by atoms with Crippen LogP contribution in [-0.2, 0) is 4.79 Å². The molecule has 2 aromatic rings. The highest BCUT2D eigenvalue weighted by Gasteiger charge is 2.25. The third-order valence-corrected chi connectivity index (χ3v) is 3.01. The number of carbonyl (C=O) groups excluding carboxylic acids is 1. The molecule has 0 bridgehead atoms. The third kappa shape index (κ3) is 2.28. The molecule has 1 aliphatic heterocycles. The van der Waals surface area contributed by atoms with Crippen molar-refractivity contribution >= 4 is 35.7 Å². The van der Waals surface area contributed by atoms with Gasteiger partial charge >= 0.3 is 0 Å². The summed E-state index contributed by atoms with van der Waals surface area (Å²) >= 11 is 0. The van der Waals surface area contributed by atoms with Crippen LogP contribution in [0, 0.1) is 5.82 Å². The molecule has 104 valence electrons. The molecular formula is C14H12ClFN2O2. The van der Waals surface area contributed by atoms with Crippen LogP contribution in [0.2, 0.25) is 0 Å². The summed E-state index contributed by atoms with van der Waals surface area (Å²) in [6.45, 7) is 0. The second kappa shape index (κ2) is 5.38. The Bertz CT molecular complexity index is 694. The lowest BCUT2D eigenvalue weighted by Gasteiger charge is -2.00. The van der Waals surface area contributed by atoms with E-state index < -0.39 is 0 Å². The van der Waals surface area contributed by atoms with E-state index in [1.807, 2.05) is 0 Å². The Labute approximate surface area is 121 Å². The number of halogens is 2. The number of carbonyl (C=O) groups is 1. The number of anilines is 1. The van der Waals surface area contributed by atoms with Crippen molar-refractivity contribution in [2.75, 3.05) is 12.4 Å². The van der Waals surface area contributed by atoms with E-state index in [1.54, 1.807) is 31.5 Å². The molecule has 2 N–H and O–H groups in total. The zero-order chi connectivity index (χ0) is 13.4. The lowest BCUT2D eigenvalue weighted by Crippen LogP contribution is -2.03. The molecule has 3 rings (SSSR count). The normalized spacial score (nSPS) is 14.7. The van der Waals surface area contributed by atoms with Gasteiger partial charge in [0.2, 0.25) is 0 Å². The maximum atomic E-state index is 13.3. The van der Waals surface area contributed by atoms with Crippen molar-refractivity contribution in [1.29, 1.82) is 0 Å². The van der Waals surface area contributed by atoms with Crippen LogP contribution in [-0.4, -0.2) is 18.0 Å². The first-order valence-electron chi connectivity index (χ1n) is 5.73. The fraction of sp³-hybridized carbons (Fsp3) is 0.0714. The maximum absolute atomic E-state index is 13.3. The van der Waals surface area contributed by atoms with Crippen molar-refractivity contribution in [3.8, 4) is 5.75 Å². The van der Waals surface area contributed by atoms with Crippen LogP contribution in [0.1, 0.15) is 11.3 Å². The minimum Gasteiger partial charge on any atom is -0.495 e. The second-order valence-electron chi connectivity index (χ2n) is 4.16. The van der Waals surface area contributed by atoms with Crippen LogP contribution < -0.4 is 10.1 Å². The van der Waals surface area contributed by atoms with E-state index in [1.165, 1.54) is 12.1 Å². The van der Waals surface area contributed by atoms with Crippen molar-refractivity contribution in [1.82, 2.24) is 4.98 Å². The minimum atomic E-state index is -0.375. The standard InChI is InChI=1S/C14H11FN2O2.ClH/c1-19-13-4-5-16-12(13)7-10-9-6-8(15)2-3-11(9)17-14(10)18;/h2-7,16H,1H3,(H,17,18);1H. The number of aromatic amines is 1. The highest BCUT2D eigenvalue weighted by atomic mass is 35.5. The van der Waals surface area contributed by atoms with Gasteiger partial charge in [0, 0.05) is 17.4 Å². The van der Waals surface area contributed by atoms with E-state index in [4.69, 9.17) is 4.74 Å². The van der Waals surface area contributed by atoms with Crippen molar-refractivity contribution in [3.05, 3.63) is 47.5 Å². The van der Waals surface area contributed by atoms with E-state index in [2.05, 4.69) is 10.3 Å². The number of ether oxygens (including phenoxy) is 1. The van der Waals surface area contributed by atoms with Crippen LogP contribution in [0.5, 0.6) is 5.75 Å². The molecule has 1 aromatic heterocycles. The summed E-state index contributed by atoms with van der Waals surface area (Å²) < 4.78 is 18.4. The number of rotatable bonds is 2. The molecule has 1 aliphatic rings. The molecule has 1 aromatic carbocycles. The molecule has 2 heterocycles. The molecule has 1 amide bonds. The average molecular weight is 295 g/mol. The number of amides is 1. The van der Waals surface area contributed by atoms with Gasteiger partial charge in [0.05, 0.1) is 18.4 Å². The second-order valence-corrected chi connectivity index (χ2v) is 4.16. The molecule has 0 saturated heterocycles. The Hall–Kier alpha value is -2.27. The average Bonchev–Trinajstić information content (AvgIpc) is 2.96. The summed E-state index contributed by atoms with van der Waals surface area (Å²) in [5.74, 6) is 0.00186. The molecule has 0 aliphatic carbocycles. The topological polar surface area (TPSA) is 54.1 Å². The number of aromatic nitrogens is 1. The molecule has 0 fully saturated rings. The van der Waals surface area contributed by atoms with E-state index in [0.29, 0.717) is 28.3 Å². The lowest BCUT2D eigenvalue weighted by atomic mass is 10.1. The fourth-order valence-electron chi connectivity index (χ4n) is 2.11. The smallest absolute Gasteiger partial charge is 0.256 e. The zero-order valence-electron chi connectivity index (χ0n) is 10.6. The van der Waals surface area contributed by atoms with Crippen LogP contribution >= 0.6 is 12.4 Å². The Morgan fingerprint density at radius 3 is 2.85 bits per heavy atom.